The molecule has 3 aromatic rings. The third kappa shape index (κ3) is 2.13. The Morgan fingerprint density at radius 1 is 1.10 bits per heavy atom. The first kappa shape index (κ1) is 12.9. The van der Waals surface area contributed by atoms with Crippen LogP contribution in [0.3, 0.4) is 0 Å². The maximum absolute atomic E-state index is 12.5. The van der Waals surface area contributed by atoms with Crippen LogP contribution in [0.25, 0.3) is 16.7 Å². The van der Waals surface area contributed by atoms with E-state index in [-0.39, 0.29) is 5.58 Å². The van der Waals surface area contributed by atoms with Crippen molar-refractivity contribution in [1.82, 2.24) is 4.57 Å². The number of rotatable bonds is 1. The number of hydrogen-bond donors (Lipinski definition) is 0. The summed E-state index contributed by atoms with van der Waals surface area (Å²) in [6.45, 7) is 1.85. The molecule has 1 heterocycles. The first-order valence-electron chi connectivity index (χ1n) is 6.27. The standard InChI is InChI=1S/C16H10N2O3/c1-10-2-7-13-14(8-10)21-16(20)18(15(13)19)12-5-3-11(9-17)4-6-12/h2-8H,1H3. The van der Waals surface area contributed by atoms with Crippen LogP contribution in [0.2, 0.25) is 0 Å². The molecular weight excluding hydrogens is 268 g/mol. The predicted octanol–water partition coefficient (Wildman–Crippen LogP) is 2.12. The Balaban J connectivity index is 2.32. The van der Waals surface area contributed by atoms with Gasteiger partial charge in [-0.15, -0.1) is 0 Å². The fourth-order valence-electron chi connectivity index (χ4n) is 2.14. The Morgan fingerprint density at radius 2 is 1.81 bits per heavy atom. The van der Waals surface area contributed by atoms with Gasteiger partial charge in [-0.1, -0.05) is 6.07 Å². The number of fused-ring (bicyclic) bond motifs is 1. The van der Waals surface area contributed by atoms with Crippen molar-refractivity contribution in [2.45, 2.75) is 6.92 Å². The molecule has 2 aromatic carbocycles. The highest BCUT2D eigenvalue weighted by Gasteiger charge is 2.11. The molecule has 0 N–H and O–H groups in total. The van der Waals surface area contributed by atoms with Gasteiger partial charge in [0.15, 0.2) is 0 Å². The Bertz CT molecular complexity index is 989. The number of nitriles is 1. The molecule has 0 saturated heterocycles. The maximum Gasteiger partial charge on any atom is 0.426 e. The third-order valence-corrected chi connectivity index (χ3v) is 3.21. The van der Waals surface area contributed by atoms with E-state index in [4.69, 9.17) is 9.68 Å². The quantitative estimate of drug-likeness (QED) is 0.683. The van der Waals surface area contributed by atoms with E-state index >= 15 is 0 Å². The zero-order chi connectivity index (χ0) is 15.0. The first-order chi connectivity index (χ1) is 10.1. The maximum atomic E-state index is 12.5. The molecule has 5 heteroatoms. The molecule has 0 spiro atoms. The van der Waals surface area contributed by atoms with Gasteiger partial charge in [-0.25, -0.2) is 9.36 Å². The molecule has 0 atom stereocenters. The van der Waals surface area contributed by atoms with Crippen LogP contribution in [-0.4, -0.2) is 4.57 Å². The highest BCUT2D eigenvalue weighted by molar-refractivity contribution is 5.76. The molecule has 0 aliphatic heterocycles. The second-order valence-corrected chi connectivity index (χ2v) is 4.67. The van der Waals surface area contributed by atoms with Crippen LogP contribution in [-0.2, 0) is 0 Å². The number of nitrogens with zero attached hydrogens (tertiary/aromatic N) is 2. The minimum absolute atomic E-state index is 0.273. The van der Waals surface area contributed by atoms with Gasteiger partial charge in [-0.05, 0) is 48.9 Å². The molecule has 0 saturated carbocycles. The van der Waals surface area contributed by atoms with E-state index in [1.807, 2.05) is 13.0 Å². The lowest BCUT2D eigenvalue weighted by atomic mass is 10.2. The molecule has 0 aliphatic carbocycles. The van der Waals surface area contributed by atoms with E-state index in [0.717, 1.165) is 10.1 Å². The van der Waals surface area contributed by atoms with Crippen molar-refractivity contribution in [2.75, 3.05) is 0 Å². The van der Waals surface area contributed by atoms with Crippen molar-refractivity contribution in [2.24, 2.45) is 0 Å². The minimum Gasteiger partial charge on any atom is -0.409 e. The van der Waals surface area contributed by atoms with Crippen molar-refractivity contribution in [1.29, 1.82) is 5.26 Å². The fraction of sp³-hybridized carbons (Fsp3) is 0.0625. The lowest BCUT2D eigenvalue weighted by Gasteiger charge is -2.05. The Morgan fingerprint density at radius 3 is 2.48 bits per heavy atom. The zero-order valence-corrected chi connectivity index (χ0v) is 11.2. The van der Waals surface area contributed by atoms with Gasteiger partial charge in [0.2, 0.25) is 0 Å². The van der Waals surface area contributed by atoms with Gasteiger partial charge < -0.3 is 4.42 Å². The molecule has 0 amide bonds. The molecule has 0 bridgehead atoms. The summed E-state index contributed by atoms with van der Waals surface area (Å²) in [6.07, 6.45) is 0. The van der Waals surface area contributed by atoms with Crippen LogP contribution in [0.15, 0.2) is 56.5 Å². The molecule has 0 radical (unpaired) electrons. The van der Waals surface area contributed by atoms with Crippen molar-refractivity contribution in [3.05, 3.63) is 74.5 Å². The molecule has 0 unspecified atom stereocenters. The van der Waals surface area contributed by atoms with Crippen LogP contribution < -0.4 is 11.3 Å². The Hall–Kier alpha value is -3.13. The normalized spacial score (nSPS) is 10.5. The number of hydrogen-bond acceptors (Lipinski definition) is 4. The lowest BCUT2D eigenvalue weighted by molar-refractivity contribution is 0.503. The molecule has 21 heavy (non-hydrogen) atoms. The molecule has 102 valence electrons. The summed E-state index contributed by atoms with van der Waals surface area (Å²) in [5.41, 5.74) is 1.56. The summed E-state index contributed by atoms with van der Waals surface area (Å²) in [5, 5.41) is 9.11. The second-order valence-electron chi connectivity index (χ2n) is 4.67. The van der Waals surface area contributed by atoms with E-state index in [0.29, 0.717) is 16.6 Å². The first-order valence-corrected chi connectivity index (χ1v) is 6.27. The van der Waals surface area contributed by atoms with E-state index in [1.54, 1.807) is 30.3 Å². The van der Waals surface area contributed by atoms with Crippen molar-refractivity contribution >= 4 is 11.0 Å². The van der Waals surface area contributed by atoms with E-state index < -0.39 is 11.3 Å². The summed E-state index contributed by atoms with van der Waals surface area (Å²) in [6, 6.07) is 13.2. The van der Waals surface area contributed by atoms with Crippen LogP contribution >= 0.6 is 0 Å². The van der Waals surface area contributed by atoms with Crippen LogP contribution in [0.5, 0.6) is 0 Å². The average molecular weight is 278 g/mol. The molecule has 1 aromatic heterocycles. The predicted molar refractivity (Wildman–Crippen MR) is 77.5 cm³/mol. The monoisotopic (exact) mass is 278 g/mol. The van der Waals surface area contributed by atoms with Gasteiger partial charge in [0, 0.05) is 0 Å². The summed E-state index contributed by atoms with van der Waals surface area (Å²) in [4.78, 5) is 24.5. The van der Waals surface area contributed by atoms with Crippen LogP contribution in [0, 0.1) is 18.3 Å². The molecule has 0 fully saturated rings. The van der Waals surface area contributed by atoms with Crippen LogP contribution in [0.1, 0.15) is 11.1 Å². The fourth-order valence-corrected chi connectivity index (χ4v) is 2.14. The van der Waals surface area contributed by atoms with E-state index in [9.17, 15) is 9.59 Å². The minimum atomic E-state index is -0.747. The summed E-state index contributed by atoms with van der Waals surface area (Å²) in [7, 11) is 0. The molecular formula is C16H10N2O3. The van der Waals surface area contributed by atoms with Gasteiger partial charge in [0.1, 0.15) is 5.58 Å². The highest BCUT2D eigenvalue weighted by atomic mass is 16.4. The lowest BCUT2D eigenvalue weighted by Crippen LogP contribution is -2.30. The third-order valence-electron chi connectivity index (χ3n) is 3.21. The Kier molecular flexibility index (Phi) is 2.92. The topological polar surface area (TPSA) is 76.0 Å². The number of aromatic nitrogens is 1. The highest BCUT2D eigenvalue weighted by Crippen LogP contribution is 2.12. The summed E-state index contributed by atoms with van der Waals surface area (Å²) < 4.78 is 6.16. The van der Waals surface area contributed by atoms with Gasteiger partial charge in [-0.2, -0.15) is 5.26 Å². The molecule has 3 rings (SSSR count). The second kappa shape index (κ2) is 4.76. The van der Waals surface area contributed by atoms with Gasteiger partial charge in [-0.3, -0.25) is 4.79 Å². The number of aryl methyl sites for hydroxylation is 1. The van der Waals surface area contributed by atoms with Gasteiger partial charge in [0.05, 0.1) is 22.7 Å². The molecule has 5 nitrogen and oxygen atoms in total. The average Bonchev–Trinajstić information content (AvgIpc) is 2.47. The van der Waals surface area contributed by atoms with E-state index in [1.165, 1.54) is 12.1 Å². The molecule has 0 aliphatic rings. The summed E-state index contributed by atoms with van der Waals surface area (Å²) in [5.74, 6) is -0.747. The number of benzene rings is 2. The van der Waals surface area contributed by atoms with E-state index in [2.05, 4.69) is 0 Å². The van der Waals surface area contributed by atoms with Crippen molar-refractivity contribution < 1.29 is 4.42 Å². The Labute approximate surface area is 119 Å². The smallest absolute Gasteiger partial charge is 0.409 e. The van der Waals surface area contributed by atoms with Gasteiger partial charge >= 0.3 is 5.76 Å². The SMILES string of the molecule is Cc1ccc2c(=O)n(-c3ccc(C#N)cc3)c(=O)oc2c1. The summed E-state index contributed by atoms with van der Waals surface area (Å²) >= 11 is 0. The van der Waals surface area contributed by atoms with Crippen molar-refractivity contribution in [3.8, 4) is 11.8 Å². The van der Waals surface area contributed by atoms with Gasteiger partial charge in [0.25, 0.3) is 5.56 Å². The zero-order valence-electron chi connectivity index (χ0n) is 11.2. The largest absolute Gasteiger partial charge is 0.426 e. The van der Waals surface area contributed by atoms with Crippen LogP contribution in [0.4, 0.5) is 0 Å². The van der Waals surface area contributed by atoms with Crippen molar-refractivity contribution in [3.63, 3.8) is 0 Å².